The maximum absolute atomic E-state index is 8.75. The van der Waals surface area contributed by atoms with Gasteiger partial charge in [0.05, 0.1) is 13.2 Å². The smallest absolute Gasteiger partial charge is 0.0621 e. The summed E-state index contributed by atoms with van der Waals surface area (Å²) in [5.41, 5.74) is 0.898. The third-order valence-corrected chi connectivity index (χ3v) is 1.77. The molecule has 0 aromatic heterocycles. The molecule has 0 bridgehead atoms. The van der Waals surface area contributed by atoms with E-state index >= 15 is 0 Å². The van der Waals surface area contributed by atoms with Gasteiger partial charge in [-0.15, -0.1) is 0 Å². The van der Waals surface area contributed by atoms with Crippen molar-refractivity contribution in [2.45, 2.75) is 0 Å². The molecule has 0 amide bonds. The zero-order valence-electron chi connectivity index (χ0n) is 7.40. The van der Waals surface area contributed by atoms with Gasteiger partial charge in [0, 0.05) is 0 Å². The van der Waals surface area contributed by atoms with Gasteiger partial charge in [0.2, 0.25) is 0 Å². The van der Waals surface area contributed by atoms with Crippen molar-refractivity contribution in [2.24, 2.45) is 0 Å². The van der Waals surface area contributed by atoms with Gasteiger partial charge in [0.25, 0.3) is 0 Å². The number of aliphatic hydroxyl groups is 2. The predicted octanol–water partition coefficient (Wildman–Crippen LogP) is -0.586. The molecule has 69 valence electrons. The highest BCUT2D eigenvalue weighted by Crippen LogP contribution is 1.85. The zero-order valence-corrected chi connectivity index (χ0v) is 7.40. The molecule has 0 atom stereocenters. The van der Waals surface area contributed by atoms with Crippen LogP contribution in [-0.4, -0.2) is 23.4 Å². The van der Waals surface area contributed by atoms with Crippen molar-refractivity contribution in [3.63, 3.8) is 0 Å². The maximum Gasteiger partial charge on any atom is 0.0621 e. The number of rotatable bonds is 2. The molecule has 0 aliphatic rings. The minimum atomic E-state index is -0.00424. The van der Waals surface area contributed by atoms with Gasteiger partial charge >= 0.3 is 0 Å². The Labute approximate surface area is 77.5 Å². The van der Waals surface area contributed by atoms with Crippen LogP contribution in [-0.2, 0) is 0 Å². The Morgan fingerprint density at radius 3 is 2.31 bits per heavy atom. The van der Waals surface area contributed by atoms with Crippen molar-refractivity contribution in [1.29, 1.82) is 0 Å². The Hall–Kier alpha value is -1.12. The van der Waals surface area contributed by atoms with Gasteiger partial charge in [-0.3, -0.25) is 0 Å². The maximum atomic E-state index is 8.75. The van der Waals surface area contributed by atoms with E-state index in [1.54, 1.807) is 12.2 Å². The Balaban J connectivity index is 3.36. The largest absolute Gasteiger partial charge is 0.392 e. The molecule has 0 saturated heterocycles. The molecule has 1 radical (unpaired) electrons. The molecule has 0 heterocycles. The van der Waals surface area contributed by atoms with Crippen molar-refractivity contribution in [1.82, 2.24) is 0 Å². The SMILES string of the molecule is [CH2]c1ccc(=CCO)c(=CCO)c1. The highest BCUT2D eigenvalue weighted by Gasteiger charge is 1.86. The summed E-state index contributed by atoms with van der Waals surface area (Å²) in [6.07, 6.45) is 3.39. The topological polar surface area (TPSA) is 40.5 Å². The van der Waals surface area contributed by atoms with Crippen molar-refractivity contribution >= 4 is 12.2 Å². The van der Waals surface area contributed by atoms with Crippen LogP contribution in [0, 0.1) is 6.92 Å². The van der Waals surface area contributed by atoms with E-state index in [4.69, 9.17) is 10.2 Å². The molecule has 0 aliphatic carbocycles. The third-order valence-electron chi connectivity index (χ3n) is 1.77. The van der Waals surface area contributed by atoms with Gasteiger partial charge in [0.15, 0.2) is 0 Å². The second-order valence-corrected chi connectivity index (χ2v) is 2.74. The quantitative estimate of drug-likeness (QED) is 0.634. The second kappa shape index (κ2) is 4.80. The molecule has 2 heteroatoms. The summed E-state index contributed by atoms with van der Waals surface area (Å²) < 4.78 is 0. The molecule has 1 aromatic rings. The monoisotopic (exact) mass is 177 g/mol. The first-order chi connectivity index (χ1) is 6.27. The summed E-state index contributed by atoms with van der Waals surface area (Å²) in [6, 6.07) is 5.62. The van der Waals surface area contributed by atoms with E-state index in [-0.39, 0.29) is 13.2 Å². The summed E-state index contributed by atoms with van der Waals surface area (Å²) in [5.74, 6) is 0. The molecule has 1 aromatic carbocycles. The molecule has 0 aliphatic heterocycles. The summed E-state index contributed by atoms with van der Waals surface area (Å²) in [6.45, 7) is 3.79. The zero-order chi connectivity index (χ0) is 9.68. The minimum absolute atomic E-state index is 0.00274. The van der Waals surface area contributed by atoms with E-state index in [2.05, 4.69) is 6.92 Å². The molecular weight excluding hydrogens is 164 g/mol. The molecule has 0 saturated carbocycles. The molecule has 0 unspecified atom stereocenters. The van der Waals surface area contributed by atoms with E-state index in [0.29, 0.717) is 0 Å². The Morgan fingerprint density at radius 1 is 1.08 bits per heavy atom. The van der Waals surface area contributed by atoms with Crippen molar-refractivity contribution in [2.75, 3.05) is 13.2 Å². The predicted molar refractivity (Wildman–Crippen MR) is 53.3 cm³/mol. The van der Waals surface area contributed by atoms with Crippen LogP contribution in [0.25, 0.3) is 12.2 Å². The van der Waals surface area contributed by atoms with E-state index < -0.39 is 0 Å². The van der Waals surface area contributed by atoms with Crippen LogP contribution in [0.1, 0.15) is 5.56 Å². The van der Waals surface area contributed by atoms with Crippen LogP contribution in [0.2, 0.25) is 0 Å². The molecule has 0 spiro atoms. The fraction of sp³-hybridized carbons (Fsp3) is 0.182. The second-order valence-electron chi connectivity index (χ2n) is 2.74. The highest BCUT2D eigenvalue weighted by molar-refractivity contribution is 5.35. The van der Waals surface area contributed by atoms with Crippen LogP contribution in [0.15, 0.2) is 18.2 Å². The van der Waals surface area contributed by atoms with Gasteiger partial charge < -0.3 is 10.2 Å². The fourth-order valence-corrected chi connectivity index (χ4v) is 1.18. The number of benzene rings is 1. The minimum Gasteiger partial charge on any atom is -0.392 e. The molecule has 1 rings (SSSR count). The normalized spacial score (nSPS) is 13.8. The molecule has 13 heavy (non-hydrogen) atoms. The summed E-state index contributed by atoms with van der Waals surface area (Å²) in [7, 11) is 0. The van der Waals surface area contributed by atoms with Gasteiger partial charge in [-0.2, -0.15) is 0 Å². The summed E-state index contributed by atoms with van der Waals surface area (Å²) in [4.78, 5) is 0. The van der Waals surface area contributed by atoms with E-state index in [1.807, 2.05) is 18.2 Å². The number of hydrogen-bond donors (Lipinski definition) is 2. The standard InChI is InChI=1S/C11H13O2/c1-9-2-3-10(4-6-12)11(8-9)5-7-13/h2-5,8,12-13H,1,6-7H2. The lowest BCUT2D eigenvalue weighted by atomic mass is 10.1. The first-order valence-corrected chi connectivity index (χ1v) is 4.12. The third kappa shape index (κ3) is 2.68. The Kier molecular flexibility index (Phi) is 3.68. The van der Waals surface area contributed by atoms with Crippen molar-refractivity contribution in [3.05, 3.63) is 41.1 Å². The fourth-order valence-electron chi connectivity index (χ4n) is 1.18. The van der Waals surface area contributed by atoms with Crippen molar-refractivity contribution < 1.29 is 10.2 Å². The summed E-state index contributed by atoms with van der Waals surface area (Å²) in [5, 5.41) is 19.3. The first-order valence-electron chi connectivity index (χ1n) is 4.12. The molecule has 0 fully saturated rings. The Morgan fingerprint density at radius 2 is 1.69 bits per heavy atom. The molecular formula is C11H13O2. The van der Waals surface area contributed by atoms with Gasteiger partial charge in [0.1, 0.15) is 0 Å². The lowest BCUT2D eigenvalue weighted by Gasteiger charge is -1.93. The number of hydrogen-bond acceptors (Lipinski definition) is 2. The number of aliphatic hydroxyl groups excluding tert-OH is 2. The summed E-state index contributed by atoms with van der Waals surface area (Å²) >= 11 is 0. The van der Waals surface area contributed by atoms with Crippen LogP contribution in [0.4, 0.5) is 0 Å². The van der Waals surface area contributed by atoms with Crippen LogP contribution >= 0.6 is 0 Å². The van der Waals surface area contributed by atoms with Crippen LogP contribution in [0.3, 0.4) is 0 Å². The lowest BCUT2D eigenvalue weighted by molar-refractivity contribution is 0.353. The average Bonchev–Trinajstić information content (AvgIpc) is 2.10. The van der Waals surface area contributed by atoms with Gasteiger partial charge in [-0.05, 0) is 22.9 Å². The molecule has 2 N–H and O–H groups in total. The van der Waals surface area contributed by atoms with Gasteiger partial charge in [-0.1, -0.05) is 30.4 Å². The average molecular weight is 177 g/mol. The molecule has 2 nitrogen and oxygen atoms in total. The lowest BCUT2D eigenvalue weighted by Crippen LogP contribution is -2.25. The van der Waals surface area contributed by atoms with E-state index in [9.17, 15) is 0 Å². The van der Waals surface area contributed by atoms with E-state index in [0.717, 1.165) is 16.0 Å². The Bertz CT molecular complexity index is 380. The van der Waals surface area contributed by atoms with Crippen molar-refractivity contribution in [3.8, 4) is 0 Å². The highest BCUT2D eigenvalue weighted by atomic mass is 16.3. The van der Waals surface area contributed by atoms with E-state index in [1.165, 1.54) is 0 Å². The first kappa shape index (κ1) is 9.96. The van der Waals surface area contributed by atoms with Gasteiger partial charge in [-0.25, -0.2) is 0 Å². The van der Waals surface area contributed by atoms with Crippen LogP contribution < -0.4 is 10.4 Å². The van der Waals surface area contributed by atoms with Crippen LogP contribution in [0.5, 0.6) is 0 Å².